The van der Waals surface area contributed by atoms with Crippen LogP contribution in [0.3, 0.4) is 0 Å². The Bertz CT molecular complexity index is 508. The maximum absolute atomic E-state index is 13.3. The Morgan fingerprint density at radius 2 is 2.12 bits per heavy atom. The number of aromatic nitrogens is 2. The van der Waals surface area contributed by atoms with Crippen LogP contribution in [-0.2, 0) is 13.1 Å². The predicted octanol–water partition coefficient (Wildman–Crippen LogP) is 2.29. The SMILES string of the molecule is Cc1[nH]cnc1CNCc1cc(F)ccc1F. The van der Waals surface area contributed by atoms with E-state index >= 15 is 0 Å². The summed E-state index contributed by atoms with van der Waals surface area (Å²) in [6, 6.07) is 3.43. The minimum Gasteiger partial charge on any atom is -0.348 e. The summed E-state index contributed by atoms with van der Waals surface area (Å²) in [5.74, 6) is -0.836. The fourth-order valence-corrected chi connectivity index (χ4v) is 1.56. The van der Waals surface area contributed by atoms with E-state index in [0.29, 0.717) is 12.1 Å². The van der Waals surface area contributed by atoms with E-state index in [9.17, 15) is 8.78 Å². The van der Waals surface area contributed by atoms with E-state index < -0.39 is 11.6 Å². The van der Waals surface area contributed by atoms with Crippen LogP contribution in [0.25, 0.3) is 0 Å². The molecule has 2 N–H and O–H groups in total. The lowest BCUT2D eigenvalue weighted by atomic mass is 10.2. The van der Waals surface area contributed by atoms with Crippen LogP contribution in [0.15, 0.2) is 24.5 Å². The van der Waals surface area contributed by atoms with Crippen molar-refractivity contribution < 1.29 is 8.78 Å². The summed E-state index contributed by atoms with van der Waals surface area (Å²) in [7, 11) is 0. The van der Waals surface area contributed by atoms with E-state index in [1.54, 1.807) is 6.33 Å². The summed E-state index contributed by atoms with van der Waals surface area (Å²) in [6.45, 7) is 2.70. The molecule has 1 aromatic carbocycles. The Morgan fingerprint density at radius 1 is 1.29 bits per heavy atom. The Kier molecular flexibility index (Phi) is 3.49. The maximum atomic E-state index is 13.3. The molecule has 90 valence electrons. The number of benzene rings is 1. The molecule has 1 heterocycles. The number of hydrogen-bond acceptors (Lipinski definition) is 2. The quantitative estimate of drug-likeness (QED) is 0.856. The molecule has 0 aliphatic rings. The van der Waals surface area contributed by atoms with Crippen molar-refractivity contribution in [3.8, 4) is 0 Å². The summed E-state index contributed by atoms with van der Waals surface area (Å²) in [4.78, 5) is 7.05. The van der Waals surface area contributed by atoms with Gasteiger partial charge in [-0.1, -0.05) is 0 Å². The average molecular weight is 237 g/mol. The zero-order valence-electron chi connectivity index (χ0n) is 9.43. The molecule has 0 saturated heterocycles. The number of rotatable bonds is 4. The number of nitrogens with zero attached hydrogens (tertiary/aromatic N) is 1. The third-order valence-electron chi connectivity index (χ3n) is 2.55. The van der Waals surface area contributed by atoms with Crippen LogP contribution in [0.1, 0.15) is 17.0 Å². The highest BCUT2D eigenvalue weighted by Gasteiger charge is 2.04. The molecule has 17 heavy (non-hydrogen) atoms. The summed E-state index contributed by atoms with van der Waals surface area (Å²) in [5.41, 5.74) is 2.16. The molecule has 5 heteroatoms. The Hall–Kier alpha value is -1.75. The molecule has 0 aliphatic carbocycles. The second-order valence-corrected chi connectivity index (χ2v) is 3.81. The van der Waals surface area contributed by atoms with E-state index in [0.717, 1.165) is 23.5 Å². The van der Waals surface area contributed by atoms with Gasteiger partial charge in [-0.25, -0.2) is 13.8 Å². The third kappa shape index (κ3) is 2.88. The molecule has 0 fully saturated rings. The zero-order chi connectivity index (χ0) is 12.3. The van der Waals surface area contributed by atoms with Gasteiger partial charge in [0.25, 0.3) is 0 Å². The van der Waals surface area contributed by atoms with Crippen LogP contribution >= 0.6 is 0 Å². The third-order valence-corrected chi connectivity index (χ3v) is 2.55. The molecular weight excluding hydrogens is 224 g/mol. The van der Waals surface area contributed by atoms with Gasteiger partial charge in [0.15, 0.2) is 0 Å². The van der Waals surface area contributed by atoms with E-state index in [2.05, 4.69) is 15.3 Å². The number of halogens is 2. The molecular formula is C12H13F2N3. The normalized spacial score (nSPS) is 10.8. The molecule has 2 rings (SSSR count). The van der Waals surface area contributed by atoms with Gasteiger partial charge < -0.3 is 10.3 Å². The van der Waals surface area contributed by atoms with Gasteiger partial charge in [0.2, 0.25) is 0 Å². The highest BCUT2D eigenvalue weighted by molar-refractivity contribution is 5.18. The van der Waals surface area contributed by atoms with Crippen LogP contribution in [-0.4, -0.2) is 9.97 Å². The number of nitrogens with one attached hydrogen (secondary N) is 2. The number of hydrogen-bond donors (Lipinski definition) is 2. The van der Waals surface area contributed by atoms with Gasteiger partial charge in [0.1, 0.15) is 11.6 Å². The van der Waals surface area contributed by atoms with Crippen LogP contribution in [0.5, 0.6) is 0 Å². The smallest absolute Gasteiger partial charge is 0.127 e. The molecule has 1 aromatic heterocycles. The number of imidazole rings is 1. The van der Waals surface area contributed by atoms with Gasteiger partial charge in [0.05, 0.1) is 12.0 Å². The first kappa shape index (κ1) is 11.7. The lowest BCUT2D eigenvalue weighted by molar-refractivity contribution is 0.567. The Balaban J connectivity index is 1.94. The van der Waals surface area contributed by atoms with Gasteiger partial charge in [-0.15, -0.1) is 0 Å². The highest BCUT2D eigenvalue weighted by Crippen LogP contribution is 2.09. The first-order chi connectivity index (χ1) is 8.16. The molecule has 0 radical (unpaired) electrons. The molecule has 0 spiro atoms. The molecule has 3 nitrogen and oxygen atoms in total. The summed E-state index contributed by atoms with van der Waals surface area (Å²) < 4.78 is 26.2. The van der Waals surface area contributed by atoms with Gasteiger partial charge in [-0.3, -0.25) is 0 Å². The molecule has 0 amide bonds. The monoisotopic (exact) mass is 237 g/mol. The molecule has 0 aliphatic heterocycles. The summed E-state index contributed by atoms with van der Waals surface area (Å²) >= 11 is 0. The highest BCUT2D eigenvalue weighted by atomic mass is 19.1. The van der Waals surface area contributed by atoms with Crippen molar-refractivity contribution in [2.24, 2.45) is 0 Å². The fraction of sp³-hybridized carbons (Fsp3) is 0.250. The Morgan fingerprint density at radius 3 is 2.82 bits per heavy atom. The predicted molar refractivity (Wildman–Crippen MR) is 60.2 cm³/mol. The lowest BCUT2D eigenvalue weighted by Gasteiger charge is -2.05. The molecule has 0 saturated carbocycles. The first-order valence-corrected chi connectivity index (χ1v) is 5.30. The van der Waals surface area contributed by atoms with E-state index in [4.69, 9.17) is 0 Å². The van der Waals surface area contributed by atoms with E-state index in [1.165, 1.54) is 6.07 Å². The second kappa shape index (κ2) is 5.05. The summed E-state index contributed by atoms with van der Waals surface area (Å²) in [5, 5.41) is 3.02. The van der Waals surface area contributed by atoms with Gasteiger partial charge in [-0.2, -0.15) is 0 Å². The van der Waals surface area contributed by atoms with Gasteiger partial charge in [-0.05, 0) is 25.1 Å². The van der Waals surface area contributed by atoms with E-state index in [1.807, 2.05) is 6.92 Å². The second-order valence-electron chi connectivity index (χ2n) is 3.81. The van der Waals surface area contributed by atoms with Crippen molar-refractivity contribution in [2.75, 3.05) is 0 Å². The molecule has 2 aromatic rings. The standard InChI is InChI=1S/C12H13F2N3/c1-8-12(17-7-16-8)6-15-5-9-4-10(13)2-3-11(9)14/h2-4,7,15H,5-6H2,1H3,(H,16,17). The van der Waals surface area contributed by atoms with Crippen LogP contribution in [0.4, 0.5) is 8.78 Å². The average Bonchev–Trinajstić information content (AvgIpc) is 2.70. The van der Waals surface area contributed by atoms with Crippen LogP contribution in [0.2, 0.25) is 0 Å². The Labute approximate surface area is 97.9 Å². The fourth-order valence-electron chi connectivity index (χ4n) is 1.56. The lowest BCUT2D eigenvalue weighted by Crippen LogP contribution is -2.14. The van der Waals surface area contributed by atoms with Crippen LogP contribution in [0, 0.1) is 18.6 Å². The van der Waals surface area contributed by atoms with Crippen molar-refractivity contribution in [1.29, 1.82) is 0 Å². The van der Waals surface area contributed by atoms with E-state index in [-0.39, 0.29) is 6.54 Å². The number of aryl methyl sites for hydroxylation is 1. The van der Waals surface area contributed by atoms with Crippen molar-refractivity contribution in [3.63, 3.8) is 0 Å². The minimum atomic E-state index is -0.431. The zero-order valence-corrected chi connectivity index (χ0v) is 9.43. The van der Waals surface area contributed by atoms with Crippen molar-refractivity contribution >= 4 is 0 Å². The van der Waals surface area contributed by atoms with Crippen molar-refractivity contribution in [1.82, 2.24) is 15.3 Å². The van der Waals surface area contributed by atoms with Gasteiger partial charge >= 0.3 is 0 Å². The van der Waals surface area contributed by atoms with Crippen molar-refractivity contribution in [3.05, 3.63) is 53.1 Å². The van der Waals surface area contributed by atoms with Crippen molar-refractivity contribution in [2.45, 2.75) is 20.0 Å². The number of H-pyrrole nitrogens is 1. The summed E-state index contributed by atoms with van der Waals surface area (Å²) in [6.07, 6.45) is 1.61. The topological polar surface area (TPSA) is 40.7 Å². The maximum Gasteiger partial charge on any atom is 0.127 e. The molecule has 0 atom stereocenters. The number of aromatic amines is 1. The van der Waals surface area contributed by atoms with Crippen LogP contribution < -0.4 is 5.32 Å². The molecule has 0 unspecified atom stereocenters. The first-order valence-electron chi connectivity index (χ1n) is 5.30. The van der Waals surface area contributed by atoms with Gasteiger partial charge in [0, 0.05) is 24.3 Å². The largest absolute Gasteiger partial charge is 0.348 e. The minimum absolute atomic E-state index is 0.274. The molecule has 0 bridgehead atoms.